The number of halogens is 3. The highest BCUT2D eigenvalue weighted by molar-refractivity contribution is 7.91. The van der Waals surface area contributed by atoms with Gasteiger partial charge in [-0.1, -0.05) is 6.92 Å². The summed E-state index contributed by atoms with van der Waals surface area (Å²) in [5.41, 5.74) is 0.619. The number of rotatable bonds is 7. The molecule has 0 saturated heterocycles. The number of alkyl halides is 3. The van der Waals surface area contributed by atoms with Crippen LogP contribution in [0.3, 0.4) is 0 Å². The Morgan fingerprint density at radius 3 is 2.29 bits per heavy atom. The van der Waals surface area contributed by atoms with E-state index < -0.39 is 22.6 Å². The zero-order valence-corrected chi connectivity index (χ0v) is 12.6. The summed E-state index contributed by atoms with van der Waals surface area (Å²) in [5.74, 6) is 0.172. The molecule has 0 saturated carbocycles. The van der Waals surface area contributed by atoms with Gasteiger partial charge in [0.25, 0.3) is 0 Å². The standard InChI is InChI=1S/C13H18F3NO3S/c1-3-21(18,19)8-10(2)17-11-4-6-12(7-5-11)20-9-13(14,15)16/h4-7,10,17H,3,8-9H2,1-2H3. The third-order valence-corrected chi connectivity index (χ3v) is 4.50. The van der Waals surface area contributed by atoms with Gasteiger partial charge in [0.05, 0.1) is 5.75 Å². The second-order valence-corrected chi connectivity index (χ2v) is 7.07. The fourth-order valence-corrected chi connectivity index (χ4v) is 2.72. The molecule has 0 aromatic heterocycles. The Labute approximate surface area is 122 Å². The lowest BCUT2D eigenvalue weighted by atomic mass is 10.2. The fraction of sp³-hybridized carbons (Fsp3) is 0.538. The Morgan fingerprint density at radius 2 is 1.81 bits per heavy atom. The summed E-state index contributed by atoms with van der Waals surface area (Å²) in [5, 5.41) is 2.97. The van der Waals surface area contributed by atoms with E-state index in [2.05, 4.69) is 10.1 Å². The van der Waals surface area contributed by atoms with Gasteiger partial charge in [0.1, 0.15) is 5.75 Å². The molecule has 0 fully saturated rings. The second kappa shape index (κ2) is 7.02. The SMILES string of the molecule is CCS(=O)(=O)CC(C)Nc1ccc(OCC(F)(F)F)cc1. The van der Waals surface area contributed by atoms with Crippen molar-refractivity contribution in [3.8, 4) is 5.75 Å². The van der Waals surface area contributed by atoms with Crippen molar-refractivity contribution in [3.05, 3.63) is 24.3 Å². The molecule has 0 heterocycles. The Morgan fingerprint density at radius 1 is 1.24 bits per heavy atom. The molecule has 1 N–H and O–H groups in total. The minimum Gasteiger partial charge on any atom is -0.484 e. The van der Waals surface area contributed by atoms with Crippen molar-refractivity contribution in [1.82, 2.24) is 0 Å². The molecule has 1 rings (SSSR count). The van der Waals surface area contributed by atoms with E-state index in [0.29, 0.717) is 5.69 Å². The minimum atomic E-state index is -4.38. The monoisotopic (exact) mass is 325 g/mol. The molecule has 21 heavy (non-hydrogen) atoms. The zero-order valence-electron chi connectivity index (χ0n) is 11.8. The molecule has 1 aromatic rings. The molecule has 0 radical (unpaired) electrons. The lowest BCUT2D eigenvalue weighted by molar-refractivity contribution is -0.153. The van der Waals surface area contributed by atoms with Gasteiger partial charge in [0, 0.05) is 17.5 Å². The molecule has 1 aromatic carbocycles. The molecular formula is C13H18F3NO3S. The van der Waals surface area contributed by atoms with E-state index in [1.807, 2.05) is 0 Å². The average Bonchev–Trinajstić information content (AvgIpc) is 2.36. The van der Waals surface area contributed by atoms with Crippen molar-refractivity contribution in [2.24, 2.45) is 0 Å². The number of benzene rings is 1. The number of ether oxygens (including phenoxy) is 1. The van der Waals surface area contributed by atoms with Gasteiger partial charge >= 0.3 is 6.18 Å². The maximum Gasteiger partial charge on any atom is 0.422 e. The third kappa shape index (κ3) is 7.22. The van der Waals surface area contributed by atoms with Crippen LogP contribution in [-0.2, 0) is 9.84 Å². The first-order chi connectivity index (χ1) is 9.61. The molecule has 0 aliphatic rings. The van der Waals surface area contributed by atoms with Gasteiger partial charge in [-0.25, -0.2) is 8.42 Å². The van der Waals surface area contributed by atoms with Gasteiger partial charge in [0.2, 0.25) is 0 Å². The minimum absolute atomic E-state index is 0.00414. The molecule has 0 aliphatic heterocycles. The molecule has 0 spiro atoms. The van der Waals surface area contributed by atoms with Crippen molar-refractivity contribution >= 4 is 15.5 Å². The highest BCUT2D eigenvalue weighted by atomic mass is 32.2. The molecule has 4 nitrogen and oxygen atoms in total. The molecule has 0 aliphatic carbocycles. The van der Waals surface area contributed by atoms with Crippen LogP contribution in [0, 0.1) is 0 Å². The summed E-state index contributed by atoms with van der Waals surface area (Å²) in [6, 6.07) is 5.59. The van der Waals surface area contributed by atoms with Crippen LogP contribution in [-0.4, -0.2) is 38.7 Å². The highest BCUT2D eigenvalue weighted by Gasteiger charge is 2.28. The predicted octanol–water partition coefficient (Wildman–Crippen LogP) is 2.86. The first-order valence-corrected chi connectivity index (χ1v) is 8.20. The molecule has 1 atom stereocenters. The van der Waals surface area contributed by atoms with Crippen LogP contribution >= 0.6 is 0 Å². The number of hydrogen-bond acceptors (Lipinski definition) is 4. The van der Waals surface area contributed by atoms with Crippen LogP contribution in [0.4, 0.5) is 18.9 Å². The van der Waals surface area contributed by atoms with Gasteiger partial charge in [-0.3, -0.25) is 0 Å². The quantitative estimate of drug-likeness (QED) is 0.837. The number of nitrogens with one attached hydrogen (secondary N) is 1. The van der Waals surface area contributed by atoms with Crippen LogP contribution in [0.15, 0.2) is 24.3 Å². The average molecular weight is 325 g/mol. The van der Waals surface area contributed by atoms with E-state index in [-0.39, 0.29) is 23.3 Å². The lowest BCUT2D eigenvalue weighted by Gasteiger charge is -2.15. The van der Waals surface area contributed by atoms with Crippen molar-refractivity contribution in [1.29, 1.82) is 0 Å². The molecular weight excluding hydrogens is 307 g/mol. The first-order valence-electron chi connectivity index (χ1n) is 6.38. The van der Waals surface area contributed by atoms with Crippen LogP contribution in [0.5, 0.6) is 5.75 Å². The van der Waals surface area contributed by atoms with Crippen molar-refractivity contribution < 1.29 is 26.3 Å². The summed E-state index contributed by atoms with van der Waals surface area (Å²) >= 11 is 0. The first kappa shape index (κ1) is 17.6. The maximum atomic E-state index is 12.0. The summed E-state index contributed by atoms with van der Waals surface area (Å²) in [6.45, 7) is 1.96. The van der Waals surface area contributed by atoms with Crippen molar-refractivity contribution in [2.45, 2.75) is 26.1 Å². The smallest absolute Gasteiger partial charge is 0.422 e. The summed E-state index contributed by atoms with van der Waals surface area (Å²) in [7, 11) is -3.08. The zero-order chi connectivity index (χ0) is 16.1. The van der Waals surface area contributed by atoms with Gasteiger partial charge < -0.3 is 10.1 Å². The van der Waals surface area contributed by atoms with E-state index in [0.717, 1.165) is 0 Å². The summed E-state index contributed by atoms with van der Waals surface area (Å²) in [6.07, 6.45) is -4.38. The number of anilines is 1. The van der Waals surface area contributed by atoms with Crippen molar-refractivity contribution in [2.75, 3.05) is 23.4 Å². The largest absolute Gasteiger partial charge is 0.484 e. The van der Waals surface area contributed by atoms with Gasteiger partial charge in [-0.05, 0) is 31.2 Å². The topological polar surface area (TPSA) is 55.4 Å². The number of hydrogen-bond donors (Lipinski definition) is 1. The second-order valence-electron chi connectivity index (χ2n) is 4.67. The van der Waals surface area contributed by atoms with Crippen LogP contribution in [0.2, 0.25) is 0 Å². The van der Waals surface area contributed by atoms with E-state index >= 15 is 0 Å². The fourth-order valence-electron chi connectivity index (χ4n) is 1.64. The number of sulfone groups is 1. The predicted molar refractivity (Wildman–Crippen MR) is 75.4 cm³/mol. The van der Waals surface area contributed by atoms with Crippen LogP contribution in [0.1, 0.15) is 13.8 Å². The van der Waals surface area contributed by atoms with Crippen LogP contribution in [0.25, 0.3) is 0 Å². The molecule has 120 valence electrons. The molecule has 0 amide bonds. The van der Waals surface area contributed by atoms with Gasteiger partial charge in [-0.15, -0.1) is 0 Å². The van der Waals surface area contributed by atoms with Crippen molar-refractivity contribution in [3.63, 3.8) is 0 Å². The Kier molecular flexibility index (Phi) is 5.88. The lowest BCUT2D eigenvalue weighted by Crippen LogP contribution is -2.26. The van der Waals surface area contributed by atoms with Gasteiger partial charge in [-0.2, -0.15) is 13.2 Å². The molecule has 1 unspecified atom stereocenters. The van der Waals surface area contributed by atoms with E-state index in [9.17, 15) is 21.6 Å². The van der Waals surface area contributed by atoms with E-state index in [4.69, 9.17) is 0 Å². The summed E-state index contributed by atoms with van der Waals surface area (Å²) < 4.78 is 63.5. The molecule has 8 heteroatoms. The maximum absolute atomic E-state index is 12.0. The third-order valence-electron chi connectivity index (χ3n) is 2.61. The summed E-state index contributed by atoms with van der Waals surface area (Å²) in [4.78, 5) is 0. The van der Waals surface area contributed by atoms with Gasteiger partial charge in [0.15, 0.2) is 16.4 Å². The highest BCUT2D eigenvalue weighted by Crippen LogP contribution is 2.20. The Balaban J connectivity index is 2.55. The Hall–Kier alpha value is -1.44. The van der Waals surface area contributed by atoms with E-state index in [1.165, 1.54) is 12.1 Å². The molecule has 0 bridgehead atoms. The van der Waals surface area contributed by atoms with E-state index in [1.54, 1.807) is 26.0 Å². The van der Waals surface area contributed by atoms with Crippen LogP contribution < -0.4 is 10.1 Å². The normalized spacial score (nSPS) is 13.8. The Bertz CT molecular complexity index is 541.